The molecule has 0 aliphatic heterocycles. The lowest BCUT2D eigenvalue weighted by Gasteiger charge is -2.39. The molecular weight excluding hydrogens is 510 g/mol. The smallest absolute Gasteiger partial charge is 0.217 e. The fraction of sp³-hybridized carbons (Fsp3) is 0.333. The molecule has 0 radical (unpaired) electrons. The third kappa shape index (κ3) is 5.61. The number of hydrogen-bond donors (Lipinski definition) is 1. The molecule has 2 atom stereocenters. The van der Waals surface area contributed by atoms with E-state index in [4.69, 9.17) is 23.9 Å². The summed E-state index contributed by atoms with van der Waals surface area (Å²) < 4.78 is 22.4. The summed E-state index contributed by atoms with van der Waals surface area (Å²) in [4.78, 5) is 15.5. The van der Waals surface area contributed by atoms with Gasteiger partial charge in [-0.15, -0.1) is 0 Å². The maximum absolute atomic E-state index is 13.0. The minimum atomic E-state index is -1.58. The van der Waals surface area contributed by atoms with Gasteiger partial charge in [-0.3, -0.25) is 0 Å². The van der Waals surface area contributed by atoms with Crippen molar-refractivity contribution in [3.63, 3.8) is 0 Å². The predicted molar refractivity (Wildman–Crippen MR) is 150 cm³/mol. The van der Waals surface area contributed by atoms with Gasteiger partial charge < -0.3 is 29.0 Å². The van der Waals surface area contributed by atoms with Crippen molar-refractivity contribution < 1.29 is 24.1 Å². The molecule has 1 N–H and O–H groups in total. The van der Waals surface area contributed by atoms with E-state index < -0.39 is 11.5 Å². The first kappa shape index (κ1) is 28.5. The Balaban J connectivity index is 2.11. The third-order valence-corrected chi connectivity index (χ3v) is 6.86. The van der Waals surface area contributed by atoms with Crippen LogP contribution in [0.2, 0.25) is 0 Å². The Labute approximate surface area is 233 Å². The SMILES string of the molecule is COc1cc([C@](O)(CCN(C)C)[C@H](c2cccnc2OC)c2cc3cc(C#N)ccc3nc2OC)cc(OC)n1. The molecule has 208 valence electrons. The highest BCUT2D eigenvalue weighted by Gasteiger charge is 2.44. The Morgan fingerprint density at radius 2 is 1.60 bits per heavy atom. The van der Waals surface area contributed by atoms with Gasteiger partial charge in [0.05, 0.1) is 51.5 Å². The van der Waals surface area contributed by atoms with Crippen molar-refractivity contribution >= 4 is 10.9 Å². The second-order valence-corrected chi connectivity index (χ2v) is 9.56. The van der Waals surface area contributed by atoms with E-state index in [9.17, 15) is 10.4 Å². The van der Waals surface area contributed by atoms with Gasteiger partial charge >= 0.3 is 0 Å². The molecule has 0 unspecified atom stereocenters. The second kappa shape index (κ2) is 12.2. The number of fused-ring (bicyclic) bond motifs is 1. The van der Waals surface area contributed by atoms with E-state index in [1.165, 1.54) is 28.4 Å². The molecular formula is C30H33N5O5. The van der Waals surface area contributed by atoms with E-state index in [-0.39, 0.29) is 11.8 Å². The molecule has 0 amide bonds. The summed E-state index contributed by atoms with van der Waals surface area (Å²) in [7, 11) is 9.97. The maximum Gasteiger partial charge on any atom is 0.217 e. The Morgan fingerprint density at radius 1 is 0.900 bits per heavy atom. The van der Waals surface area contributed by atoms with Gasteiger partial charge in [-0.25, -0.2) is 9.97 Å². The molecule has 3 heterocycles. The first-order valence-electron chi connectivity index (χ1n) is 12.6. The first-order chi connectivity index (χ1) is 19.3. The standard InChI is InChI=1S/C30H33N5O5/c1-35(2)13-11-30(36,21-16-25(37-3)34-26(17-21)38-4)27(22-8-7-12-32-28(22)39-5)23-15-20-14-19(18-31)9-10-24(20)33-29(23)40-6/h7-10,12,14-17,27,36H,11,13H2,1-6H3/t27-,30-/m1/s1. The molecule has 3 aromatic heterocycles. The van der Waals surface area contributed by atoms with Gasteiger partial charge in [0.25, 0.3) is 0 Å². The maximum atomic E-state index is 13.0. The zero-order valence-corrected chi connectivity index (χ0v) is 23.5. The highest BCUT2D eigenvalue weighted by Crippen LogP contribution is 2.50. The summed E-state index contributed by atoms with van der Waals surface area (Å²) in [5.41, 5.74) is 1.29. The summed E-state index contributed by atoms with van der Waals surface area (Å²) in [5.74, 6) is 0.458. The molecule has 0 aliphatic rings. The van der Waals surface area contributed by atoms with Crippen LogP contribution in [-0.4, -0.2) is 74.0 Å². The summed E-state index contributed by atoms with van der Waals surface area (Å²) in [5, 5.41) is 23.2. The van der Waals surface area contributed by atoms with Crippen LogP contribution in [-0.2, 0) is 5.60 Å². The molecule has 40 heavy (non-hydrogen) atoms. The molecule has 0 saturated carbocycles. The quantitative estimate of drug-likeness (QED) is 0.298. The summed E-state index contributed by atoms with van der Waals surface area (Å²) >= 11 is 0. The van der Waals surface area contributed by atoms with Gasteiger partial charge in [0, 0.05) is 41.4 Å². The number of nitriles is 1. The molecule has 10 heteroatoms. The van der Waals surface area contributed by atoms with E-state index >= 15 is 0 Å². The average Bonchev–Trinajstić information content (AvgIpc) is 2.99. The van der Waals surface area contributed by atoms with Crippen molar-refractivity contribution in [2.45, 2.75) is 17.9 Å². The zero-order valence-electron chi connectivity index (χ0n) is 23.5. The molecule has 0 bridgehead atoms. The van der Waals surface area contributed by atoms with E-state index in [0.29, 0.717) is 52.5 Å². The number of methoxy groups -OCH3 is 4. The largest absolute Gasteiger partial charge is 0.481 e. The van der Waals surface area contributed by atoms with Crippen LogP contribution in [0.4, 0.5) is 0 Å². The monoisotopic (exact) mass is 543 g/mol. The number of pyridine rings is 3. The summed E-state index contributed by atoms with van der Waals surface area (Å²) in [6.45, 7) is 0.532. The van der Waals surface area contributed by atoms with Crippen LogP contribution in [0.5, 0.6) is 23.5 Å². The minimum Gasteiger partial charge on any atom is -0.481 e. The first-order valence-corrected chi connectivity index (χ1v) is 12.6. The topological polar surface area (TPSA) is 123 Å². The lowest BCUT2D eigenvalue weighted by molar-refractivity contribution is 0.00259. The van der Waals surface area contributed by atoms with Crippen LogP contribution in [0.25, 0.3) is 10.9 Å². The number of benzene rings is 1. The Kier molecular flexibility index (Phi) is 8.67. The number of ether oxygens (including phenoxy) is 4. The van der Waals surface area contributed by atoms with Crippen LogP contribution < -0.4 is 18.9 Å². The predicted octanol–water partition coefficient (Wildman–Crippen LogP) is 3.90. The Bertz CT molecular complexity index is 1510. The molecule has 10 nitrogen and oxygen atoms in total. The Morgan fingerprint density at radius 3 is 2.20 bits per heavy atom. The van der Waals surface area contributed by atoms with Crippen LogP contribution in [0.3, 0.4) is 0 Å². The summed E-state index contributed by atoms with van der Waals surface area (Å²) in [6, 6.07) is 16.4. The molecule has 0 saturated heterocycles. The molecule has 4 rings (SSSR count). The van der Waals surface area contributed by atoms with E-state index in [0.717, 1.165) is 5.39 Å². The van der Waals surface area contributed by atoms with Gasteiger partial charge in [0.1, 0.15) is 5.60 Å². The van der Waals surface area contributed by atoms with Gasteiger partial charge in [0.15, 0.2) is 0 Å². The average molecular weight is 544 g/mol. The number of hydrogen-bond acceptors (Lipinski definition) is 10. The fourth-order valence-electron chi connectivity index (χ4n) is 4.88. The van der Waals surface area contributed by atoms with Crippen molar-refractivity contribution in [2.24, 2.45) is 0 Å². The Hall–Kier alpha value is -4.46. The van der Waals surface area contributed by atoms with Crippen LogP contribution >= 0.6 is 0 Å². The van der Waals surface area contributed by atoms with E-state index in [2.05, 4.69) is 16.0 Å². The van der Waals surface area contributed by atoms with E-state index in [1.807, 2.05) is 31.1 Å². The highest BCUT2D eigenvalue weighted by molar-refractivity contribution is 5.82. The molecule has 0 aliphatic carbocycles. The van der Waals surface area contributed by atoms with Crippen LogP contribution in [0.1, 0.15) is 34.6 Å². The van der Waals surface area contributed by atoms with Gasteiger partial charge in [0.2, 0.25) is 23.5 Å². The van der Waals surface area contributed by atoms with Gasteiger partial charge in [-0.1, -0.05) is 6.07 Å². The number of rotatable bonds is 11. The van der Waals surface area contributed by atoms with Crippen LogP contribution in [0.15, 0.2) is 54.7 Å². The number of aliphatic hydroxyl groups is 1. The normalized spacial score (nSPS) is 13.4. The third-order valence-electron chi connectivity index (χ3n) is 6.86. The minimum absolute atomic E-state index is 0.289. The molecule has 4 aromatic rings. The van der Waals surface area contributed by atoms with Crippen molar-refractivity contribution in [1.29, 1.82) is 5.26 Å². The van der Waals surface area contributed by atoms with Crippen molar-refractivity contribution in [1.82, 2.24) is 19.9 Å². The van der Waals surface area contributed by atoms with Gasteiger partial charge in [-0.2, -0.15) is 10.2 Å². The van der Waals surface area contributed by atoms with E-state index in [1.54, 1.807) is 42.6 Å². The fourth-order valence-corrected chi connectivity index (χ4v) is 4.88. The lowest BCUT2D eigenvalue weighted by Crippen LogP contribution is -2.38. The molecule has 0 fully saturated rings. The molecule has 0 spiro atoms. The molecule has 1 aromatic carbocycles. The highest BCUT2D eigenvalue weighted by atomic mass is 16.5. The zero-order chi connectivity index (χ0) is 28.9. The van der Waals surface area contributed by atoms with Crippen molar-refractivity contribution in [3.8, 4) is 29.6 Å². The second-order valence-electron chi connectivity index (χ2n) is 9.56. The van der Waals surface area contributed by atoms with Gasteiger partial charge in [-0.05, 0) is 56.4 Å². The number of aromatic nitrogens is 3. The van der Waals surface area contributed by atoms with Crippen molar-refractivity contribution in [2.75, 3.05) is 49.1 Å². The van der Waals surface area contributed by atoms with Crippen LogP contribution in [0, 0.1) is 11.3 Å². The number of nitrogens with zero attached hydrogens (tertiary/aromatic N) is 5. The van der Waals surface area contributed by atoms with Crippen molar-refractivity contribution in [3.05, 3.63) is 77.0 Å². The lowest BCUT2D eigenvalue weighted by atomic mass is 9.72. The summed E-state index contributed by atoms with van der Waals surface area (Å²) in [6.07, 6.45) is 1.92.